The van der Waals surface area contributed by atoms with Crippen LogP contribution >= 0.6 is 0 Å². The van der Waals surface area contributed by atoms with Crippen LogP contribution in [0.1, 0.15) is 25.7 Å². The van der Waals surface area contributed by atoms with Crippen molar-refractivity contribution in [2.45, 2.75) is 37.8 Å². The van der Waals surface area contributed by atoms with Gasteiger partial charge in [-0.3, -0.25) is 9.11 Å². The van der Waals surface area contributed by atoms with Gasteiger partial charge in [0.25, 0.3) is 0 Å². The number of rotatable bonds is 1. The molecule has 4 heteroatoms. The minimum absolute atomic E-state index is 0.363. The monoisotopic (exact) mass is 216 g/mol. The van der Waals surface area contributed by atoms with E-state index in [1.807, 2.05) is 0 Å². The van der Waals surface area contributed by atoms with Gasteiger partial charge in [0.1, 0.15) is 0 Å². The molecule has 3 nitrogen and oxygen atoms in total. The first-order valence-corrected chi connectivity index (χ1v) is 7.11. The quantitative estimate of drug-likeness (QED) is 0.687. The van der Waals surface area contributed by atoms with E-state index in [1.165, 1.54) is 19.3 Å². The predicted octanol–water partition coefficient (Wildman–Crippen LogP) is 0.321. The van der Waals surface area contributed by atoms with Gasteiger partial charge in [0, 0.05) is 40.9 Å². The van der Waals surface area contributed by atoms with E-state index in [0.29, 0.717) is 12.1 Å². The minimum atomic E-state index is -0.572. The average molecular weight is 216 g/mol. The lowest BCUT2D eigenvalue weighted by molar-refractivity contribution is 0.199. The van der Waals surface area contributed by atoms with Crippen molar-refractivity contribution in [2.75, 3.05) is 24.6 Å². The highest BCUT2D eigenvalue weighted by molar-refractivity contribution is 7.85. The highest BCUT2D eigenvalue weighted by Gasteiger charge is 2.30. The number of hydrogen-bond donors (Lipinski definition) is 1. The fourth-order valence-corrected chi connectivity index (χ4v) is 3.71. The van der Waals surface area contributed by atoms with Crippen LogP contribution in [-0.2, 0) is 10.8 Å². The average Bonchev–Trinajstić information content (AvgIpc) is 2.46. The van der Waals surface area contributed by atoms with Crippen molar-refractivity contribution in [3.63, 3.8) is 0 Å². The molecule has 1 saturated carbocycles. The molecule has 3 unspecified atom stereocenters. The van der Waals surface area contributed by atoms with Crippen LogP contribution in [0.25, 0.3) is 0 Å². The second kappa shape index (κ2) is 4.73. The molecule has 82 valence electrons. The van der Waals surface area contributed by atoms with Gasteiger partial charge in [-0.2, -0.15) is 0 Å². The molecular weight excluding hydrogens is 196 g/mol. The molecule has 2 aliphatic rings. The molecule has 0 amide bonds. The van der Waals surface area contributed by atoms with Crippen LogP contribution in [0, 0.1) is 0 Å². The van der Waals surface area contributed by atoms with Crippen molar-refractivity contribution >= 4 is 10.8 Å². The highest BCUT2D eigenvalue weighted by atomic mass is 32.2. The molecule has 1 aliphatic carbocycles. The normalized spacial score (nSPS) is 41.1. The first-order valence-electron chi connectivity index (χ1n) is 5.62. The third kappa shape index (κ3) is 2.35. The zero-order valence-electron chi connectivity index (χ0n) is 8.65. The number of nitrogens with zero attached hydrogens (tertiary/aromatic N) is 1. The van der Waals surface area contributed by atoms with Gasteiger partial charge >= 0.3 is 0 Å². The molecule has 0 aromatic heterocycles. The Labute approximate surface area is 88.5 Å². The maximum atomic E-state index is 11.4. The van der Waals surface area contributed by atoms with Gasteiger partial charge in [-0.1, -0.05) is 6.42 Å². The second-order valence-electron chi connectivity index (χ2n) is 4.40. The van der Waals surface area contributed by atoms with Gasteiger partial charge in [0.15, 0.2) is 0 Å². The largest absolute Gasteiger partial charge is 0.326 e. The lowest BCUT2D eigenvalue weighted by Crippen LogP contribution is -2.45. The van der Waals surface area contributed by atoms with E-state index in [4.69, 9.17) is 5.73 Å². The zero-order chi connectivity index (χ0) is 9.97. The van der Waals surface area contributed by atoms with Crippen LogP contribution in [0.15, 0.2) is 0 Å². The van der Waals surface area contributed by atoms with Gasteiger partial charge in [-0.05, 0) is 25.8 Å². The Kier molecular flexibility index (Phi) is 3.57. The van der Waals surface area contributed by atoms with Crippen molar-refractivity contribution in [1.82, 2.24) is 4.90 Å². The van der Waals surface area contributed by atoms with Gasteiger partial charge in [0.05, 0.1) is 0 Å². The summed E-state index contributed by atoms with van der Waals surface area (Å²) in [5.41, 5.74) is 6.08. The molecule has 0 bridgehead atoms. The predicted molar refractivity (Wildman–Crippen MR) is 59.7 cm³/mol. The number of nitrogens with two attached hydrogens (primary N) is 1. The van der Waals surface area contributed by atoms with Crippen molar-refractivity contribution in [2.24, 2.45) is 5.73 Å². The molecule has 14 heavy (non-hydrogen) atoms. The molecule has 2 N–H and O–H groups in total. The van der Waals surface area contributed by atoms with Crippen LogP contribution in [0.3, 0.4) is 0 Å². The SMILES string of the molecule is NC1CCCC1N1CCCS(=O)CC1. The van der Waals surface area contributed by atoms with Gasteiger partial charge < -0.3 is 5.73 Å². The van der Waals surface area contributed by atoms with Gasteiger partial charge in [0.2, 0.25) is 0 Å². The Morgan fingerprint density at radius 1 is 1.14 bits per heavy atom. The fraction of sp³-hybridized carbons (Fsp3) is 1.00. The van der Waals surface area contributed by atoms with Crippen LogP contribution in [0.2, 0.25) is 0 Å². The van der Waals surface area contributed by atoms with Gasteiger partial charge in [-0.15, -0.1) is 0 Å². The maximum absolute atomic E-state index is 11.4. The first kappa shape index (κ1) is 10.6. The van der Waals surface area contributed by atoms with E-state index < -0.39 is 10.8 Å². The smallest absolute Gasteiger partial charge is 0.0362 e. The summed E-state index contributed by atoms with van der Waals surface area (Å²) in [5, 5.41) is 0. The summed E-state index contributed by atoms with van der Waals surface area (Å²) < 4.78 is 11.4. The van der Waals surface area contributed by atoms with E-state index in [0.717, 1.165) is 31.0 Å². The topological polar surface area (TPSA) is 46.3 Å². The molecule has 3 atom stereocenters. The molecule has 2 fully saturated rings. The molecule has 0 aromatic rings. The van der Waals surface area contributed by atoms with Crippen LogP contribution < -0.4 is 5.73 Å². The molecule has 0 aromatic carbocycles. The number of hydrogen-bond acceptors (Lipinski definition) is 3. The summed E-state index contributed by atoms with van der Waals surface area (Å²) in [6, 6.07) is 0.937. The fourth-order valence-electron chi connectivity index (χ4n) is 2.62. The lowest BCUT2D eigenvalue weighted by Gasteiger charge is -2.29. The molecule has 1 heterocycles. The third-order valence-electron chi connectivity index (χ3n) is 3.42. The Bertz CT molecular complexity index is 222. The summed E-state index contributed by atoms with van der Waals surface area (Å²) in [5.74, 6) is 1.74. The minimum Gasteiger partial charge on any atom is -0.326 e. The molecule has 1 saturated heterocycles. The van der Waals surface area contributed by atoms with Crippen LogP contribution in [0.4, 0.5) is 0 Å². The molecule has 0 spiro atoms. The van der Waals surface area contributed by atoms with E-state index in [-0.39, 0.29) is 0 Å². The Hall–Kier alpha value is 0.0700. The Morgan fingerprint density at radius 3 is 2.71 bits per heavy atom. The van der Waals surface area contributed by atoms with Crippen LogP contribution in [-0.4, -0.2) is 45.8 Å². The Morgan fingerprint density at radius 2 is 2.00 bits per heavy atom. The van der Waals surface area contributed by atoms with Crippen LogP contribution in [0.5, 0.6) is 0 Å². The van der Waals surface area contributed by atoms with Crippen molar-refractivity contribution in [3.05, 3.63) is 0 Å². The Balaban J connectivity index is 1.93. The summed E-state index contributed by atoms with van der Waals surface area (Å²) in [6.45, 7) is 2.09. The van der Waals surface area contributed by atoms with Crippen molar-refractivity contribution < 1.29 is 4.21 Å². The summed E-state index contributed by atoms with van der Waals surface area (Å²) >= 11 is 0. The lowest BCUT2D eigenvalue weighted by atomic mass is 10.1. The van der Waals surface area contributed by atoms with E-state index in [2.05, 4.69) is 4.90 Å². The zero-order valence-corrected chi connectivity index (χ0v) is 9.47. The van der Waals surface area contributed by atoms with Crippen molar-refractivity contribution in [1.29, 1.82) is 0 Å². The second-order valence-corrected chi connectivity index (χ2v) is 6.10. The third-order valence-corrected chi connectivity index (χ3v) is 4.81. The molecular formula is C10H20N2OS. The van der Waals surface area contributed by atoms with E-state index >= 15 is 0 Å². The van der Waals surface area contributed by atoms with E-state index in [1.54, 1.807) is 0 Å². The van der Waals surface area contributed by atoms with Gasteiger partial charge in [-0.25, -0.2) is 0 Å². The van der Waals surface area contributed by atoms with Crippen molar-refractivity contribution in [3.8, 4) is 0 Å². The first-order chi connectivity index (χ1) is 6.77. The summed E-state index contributed by atoms with van der Waals surface area (Å²) in [6.07, 6.45) is 4.76. The summed E-state index contributed by atoms with van der Waals surface area (Å²) in [7, 11) is -0.572. The maximum Gasteiger partial charge on any atom is 0.0362 e. The van der Waals surface area contributed by atoms with E-state index in [9.17, 15) is 4.21 Å². The standard InChI is InChI=1S/C10H20N2OS/c11-9-3-1-4-10(9)12-5-2-7-14(13)8-6-12/h9-10H,1-8,11H2. The molecule has 0 radical (unpaired) electrons. The summed E-state index contributed by atoms with van der Waals surface area (Å²) in [4.78, 5) is 2.47. The molecule has 2 rings (SSSR count). The molecule has 1 aliphatic heterocycles. The highest BCUT2D eigenvalue weighted by Crippen LogP contribution is 2.23.